The largest absolute Gasteiger partial charge is 0.465 e. The number of nitrogens with zero attached hydrogens (tertiary/aromatic N) is 1. The molecule has 0 radical (unpaired) electrons. The Kier molecular flexibility index (Phi) is 11.0. The highest BCUT2D eigenvalue weighted by Crippen LogP contribution is 2.43. The van der Waals surface area contributed by atoms with Crippen molar-refractivity contribution in [2.75, 3.05) is 36.2 Å². The minimum absolute atomic E-state index is 0.0350. The van der Waals surface area contributed by atoms with Crippen LogP contribution in [0.15, 0.2) is 52.3 Å². The second-order valence-electron chi connectivity index (χ2n) is 8.59. The number of ether oxygens (including phenoxy) is 1. The fourth-order valence-corrected chi connectivity index (χ4v) is 6.64. The molecule has 0 spiro atoms. The number of hydrogen-bond acceptors (Lipinski definition) is 8. The van der Waals surface area contributed by atoms with Gasteiger partial charge in [0.25, 0.3) is 0 Å². The molecule has 2 aromatic rings. The first-order valence-corrected chi connectivity index (χ1v) is 14.9. The van der Waals surface area contributed by atoms with Crippen LogP contribution in [0.4, 0.5) is 11.4 Å². The normalized spacial score (nSPS) is 17.8. The minimum Gasteiger partial charge on any atom is -0.465 e. The number of anilines is 2. The maximum absolute atomic E-state index is 11.8. The quantitative estimate of drug-likeness (QED) is 0.193. The van der Waals surface area contributed by atoms with Crippen molar-refractivity contribution in [3.8, 4) is 0 Å². The molecule has 0 saturated heterocycles. The zero-order valence-corrected chi connectivity index (χ0v) is 22.8. The molecule has 2 aromatic carbocycles. The van der Waals surface area contributed by atoms with Crippen molar-refractivity contribution >= 4 is 52.8 Å². The van der Waals surface area contributed by atoms with Crippen LogP contribution in [0, 0.1) is 0 Å². The molecule has 0 fully saturated rings. The molecule has 0 bridgehead atoms. The Labute approximate surface area is 216 Å². The van der Waals surface area contributed by atoms with Gasteiger partial charge in [-0.3, -0.25) is 9.52 Å². The van der Waals surface area contributed by atoms with Gasteiger partial charge in [-0.05, 0) is 62.0 Å². The first-order valence-electron chi connectivity index (χ1n) is 11.9. The zero-order chi connectivity index (χ0) is 24.4. The van der Waals surface area contributed by atoms with Gasteiger partial charge in [0.05, 0.1) is 24.7 Å². The minimum atomic E-state index is -0.176. The van der Waals surface area contributed by atoms with Crippen LogP contribution in [0.1, 0.15) is 45.6 Å². The summed E-state index contributed by atoms with van der Waals surface area (Å²) in [5.41, 5.74) is 3.51. The number of benzene rings is 2. The lowest BCUT2D eigenvalue weighted by Gasteiger charge is -2.34. The molecule has 0 saturated carbocycles. The van der Waals surface area contributed by atoms with Gasteiger partial charge in [0.2, 0.25) is 0 Å². The van der Waals surface area contributed by atoms with Crippen molar-refractivity contribution in [1.82, 2.24) is 4.72 Å². The molecule has 0 aromatic heterocycles. The zero-order valence-electron chi connectivity index (χ0n) is 20.3. The van der Waals surface area contributed by atoms with Crippen LogP contribution in [0.25, 0.3) is 0 Å². The van der Waals surface area contributed by atoms with E-state index in [-0.39, 0.29) is 18.1 Å². The first kappa shape index (κ1) is 27.3. The fraction of sp³-hybridized carbons (Fsp3) is 0.500. The highest BCUT2D eigenvalue weighted by atomic mass is 32.2. The number of nitrogens with one attached hydrogen (secondary N) is 1. The Bertz CT molecular complexity index is 929. The molecule has 8 heteroatoms. The van der Waals surface area contributed by atoms with Gasteiger partial charge >= 0.3 is 5.97 Å². The number of carbonyl (C=O) groups is 1. The van der Waals surface area contributed by atoms with Gasteiger partial charge in [-0.15, -0.1) is 23.5 Å². The van der Waals surface area contributed by atoms with Gasteiger partial charge in [-0.1, -0.05) is 38.0 Å². The van der Waals surface area contributed by atoms with E-state index in [4.69, 9.17) is 4.74 Å². The Balaban J connectivity index is 1.96. The van der Waals surface area contributed by atoms with Gasteiger partial charge in [-0.2, -0.15) is 0 Å². The fourth-order valence-electron chi connectivity index (χ4n) is 3.91. The summed E-state index contributed by atoms with van der Waals surface area (Å²) in [5, 5.41) is 9.48. The molecule has 186 valence electrons. The topological polar surface area (TPSA) is 61.8 Å². The van der Waals surface area contributed by atoms with Crippen LogP contribution in [-0.4, -0.2) is 47.9 Å². The highest BCUT2D eigenvalue weighted by molar-refractivity contribution is 8.00. The number of rotatable bonds is 12. The number of thioether (sulfide) groups is 2. The SMILES string of the molecule is CCCCC1(C)CN(c2ccccc2)c2cc(SCCO)c(CSCC(=O)OCC)cc2SN1. The molecule has 34 heavy (non-hydrogen) atoms. The Morgan fingerprint density at radius 1 is 1.26 bits per heavy atom. The van der Waals surface area contributed by atoms with Crippen molar-refractivity contribution in [3.05, 3.63) is 48.0 Å². The number of carbonyl (C=O) groups excluding carboxylic acids is 1. The average Bonchev–Trinajstić information content (AvgIpc) is 2.99. The second kappa shape index (κ2) is 13.7. The van der Waals surface area contributed by atoms with E-state index in [9.17, 15) is 9.90 Å². The predicted molar refractivity (Wildman–Crippen MR) is 147 cm³/mol. The molecular weight excluding hydrogens is 484 g/mol. The maximum Gasteiger partial charge on any atom is 0.315 e. The van der Waals surface area contributed by atoms with Crippen molar-refractivity contribution in [2.24, 2.45) is 0 Å². The molecule has 2 N–H and O–H groups in total. The molecule has 1 unspecified atom stereocenters. The summed E-state index contributed by atoms with van der Waals surface area (Å²) in [6.07, 6.45) is 3.45. The number of hydrogen-bond donors (Lipinski definition) is 2. The lowest BCUT2D eigenvalue weighted by atomic mass is 9.95. The first-order chi connectivity index (χ1) is 16.5. The van der Waals surface area contributed by atoms with Crippen molar-refractivity contribution in [1.29, 1.82) is 0 Å². The van der Waals surface area contributed by atoms with Crippen molar-refractivity contribution < 1.29 is 14.6 Å². The van der Waals surface area contributed by atoms with Crippen LogP contribution in [0.2, 0.25) is 0 Å². The summed E-state index contributed by atoms with van der Waals surface area (Å²) in [7, 11) is 0. The van der Waals surface area contributed by atoms with Gasteiger partial charge in [0.1, 0.15) is 0 Å². The van der Waals surface area contributed by atoms with E-state index < -0.39 is 0 Å². The van der Waals surface area contributed by atoms with Crippen LogP contribution in [-0.2, 0) is 15.3 Å². The van der Waals surface area contributed by atoms with Crippen LogP contribution in [0.5, 0.6) is 0 Å². The molecule has 1 aliphatic heterocycles. The Morgan fingerprint density at radius 2 is 2.06 bits per heavy atom. The van der Waals surface area contributed by atoms with Gasteiger partial charge in [0.15, 0.2) is 0 Å². The lowest BCUT2D eigenvalue weighted by molar-refractivity contribution is -0.139. The number of aliphatic hydroxyl groups is 1. The van der Waals surface area contributed by atoms with Gasteiger partial charge in [-0.25, -0.2) is 0 Å². The standard InChI is InChI=1S/C26H36N2O3S3/c1-4-6-12-26(3)19-28(21-10-8-7-9-11-21)22-16-23(33-14-13-29)20(15-24(22)34-27-26)17-32-18-25(30)31-5-2/h7-11,15-16,27,29H,4-6,12-14,17-19H2,1-3H3. The molecule has 5 nitrogen and oxygen atoms in total. The van der Waals surface area contributed by atoms with E-state index >= 15 is 0 Å². The monoisotopic (exact) mass is 520 g/mol. The molecule has 1 aliphatic rings. The van der Waals surface area contributed by atoms with E-state index in [2.05, 4.69) is 65.9 Å². The van der Waals surface area contributed by atoms with E-state index in [1.54, 1.807) is 35.5 Å². The number of para-hydroxylation sites is 1. The van der Waals surface area contributed by atoms with Crippen molar-refractivity contribution in [2.45, 2.75) is 61.1 Å². The molecule has 0 aliphatic carbocycles. The molecule has 1 atom stereocenters. The number of fused-ring (bicyclic) bond motifs is 1. The molecule has 3 rings (SSSR count). The lowest BCUT2D eigenvalue weighted by Crippen LogP contribution is -2.46. The second-order valence-corrected chi connectivity index (χ2v) is 11.6. The number of esters is 1. The third-order valence-corrected chi connectivity index (χ3v) is 8.80. The Morgan fingerprint density at radius 3 is 2.76 bits per heavy atom. The summed E-state index contributed by atoms with van der Waals surface area (Å²) in [4.78, 5) is 16.6. The summed E-state index contributed by atoms with van der Waals surface area (Å²) in [6.45, 7) is 7.79. The summed E-state index contributed by atoms with van der Waals surface area (Å²) < 4.78 is 8.86. The van der Waals surface area contributed by atoms with Crippen molar-refractivity contribution in [3.63, 3.8) is 0 Å². The van der Waals surface area contributed by atoms with Crippen LogP contribution < -0.4 is 9.62 Å². The van der Waals surface area contributed by atoms with Crippen LogP contribution >= 0.6 is 35.5 Å². The number of unbranched alkanes of at least 4 members (excludes halogenated alkanes) is 1. The third kappa shape index (κ3) is 7.59. The van der Waals surface area contributed by atoms with Gasteiger partial charge in [0, 0.05) is 39.1 Å². The highest BCUT2D eigenvalue weighted by Gasteiger charge is 2.32. The summed E-state index contributed by atoms with van der Waals surface area (Å²) >= 11 is 4.95. The van der Waals surface area contributed by atoms with E-state index in [0.29, 0.717) is 18.1 Å². The predicted octanol–water partition coefficient (Wildman–Crippen LogP) is 6.26. The van der Waals surface area contributed by atoms with E-state index in [0.717, 1.165) is 23.6 Å². The van der Waals surface area contributed by atoms with Crippen LogP contribution in [0.3, 0.4) is 0 Å². The maximum atomic E-state index is 11.8. The van der Waals surface area contributed by atoms with E-state index in [1.165, 1.54) is 34.7 Å². The summed E-state index contributed by atoms with van der Waals surface area (Å²) in [6, 6.07) is 15.1. The Hall–Kier alpha value is -1.32. The molecular formula is C26H36N2O3S3. The molecule has 0 amide bonds. The average molecular weight is 521 g/mol. The number of aliphatic hydroxyl groups excluding tert-OH is 1. The van der Waals surface area contributed by atoms with E-state index in [1.807, 2.05) is 6.92 Å². The summed E-state index contributed by atoms with van der Waals surface area (Å²) in [5.74, 6) is 1.52. The smallest absolute Gasteiger partial charge is 0.315 e. The third-order valence-electron chi connectivity index (χ3n) is 5.63. The van der Waals surface area contributed by atoms with Gasteiger partial charge < -0.3 is 14.7 Å². The molecule has 1 heterocycles.